The monoisotopic (exact) mass is 416 g/mol. The number of esters is 1. The Bertz CT molecular complexity index is 1100. The molecule has 0 amide bonds. The Morgan fingerprint density at radius 1 is 1.13 bits per heavy atom. The van der Waals surface area contributed by atoms with Crippen LogP contribution >= 0.6 is 0 Å². The molecule has 0 spiro atoms. The number of ether oxygens (including phenoxy) is 2. The first-order valence-electron chi connectivity index (χ1n) is 9.67. The van der Waals surface area contributed by atoms with Gasteiger partial charge in [-0.25, -0.2) is 13.6 Å². The maximum absolute atomic E-state index is 13.9. The fraction of sp³-hybridized carbons (Fsp3) is 0.304. The van der Waals surface area contributed by atoms with Crippen LogP contribution in [0, 0.1) is 18.6 Å². The molecule has 30 heavy (non-hydrogen) atoms. The van der Waals surface area contributed by atoms with Crippen LogP contribution in [0.15, 0.2) is 45.6 Å². The Morgan fingerprint density at radius 2 is 1.87 bits per heavy atom. The van der Waals surface area contributed by atoms with E-state index in [9.17, 15) is 18.4 Å². The molecule has 1 heterocycles. The minimum atomic E-state index is -0.720. The Balaban J connectivity index is 1.93. The Kier molecular flexibility index (Phi) is 6.82. The number of hydrogen-bond donors (Lipinski definition) is 0. The Labute approximate surface area is 172 Å². The van der Waals surface area contributed by atoms with Gasteiger partial charge >= 0.3 is 11.6 Å². The number of benzene rings is 2. The van der Waals surface area contributed by atoms with Crippen molar-refractivity contribution in [3.05, 3.63) is 75.1 Å². The number of aryl methyl sites for hydroxylation is 2. The van der Waals surface area contributed by atoms with Gasteiger partial charge in [0.15, 0.2) is 0 Å². The lowest BCUT2D eigenvalue weighted by molar-refractivity contribution is -0.143. The van der Waals surface area contributed by atoms with Crippen molar-refractivity contribution in [2.75, 3.05) is 6.61 Å². The van der Waals surface area contributed by atoms with Crippen molar-refractivity contribution in [1.82, 2.24) is 0 Å². The van der Waals surface area contributed by atoms with Crippen molar-refractivity contribution in [3.63, 3.8) is 0 Å². The van der Waals surface area contributed by atoms with E-state index in [-0.39, 0.29) is 30.3 Å². The van der Waals surface area contributed by atoms with Gasteiger partial charge in [0, 0.05) is 23.9 Å². The summed E-state index contributed by atoms with van der Waals surface area (Å²) in [6, 6.07) is 8.21. The highest BCUT2D eigenvalue weighted by atomic mass is 19.1. The van der Waals surface area contributed by atoms with Crippen LogP contribution in [0.2, 0.25) is 0 Å². The topological polar surface area (TPSA) is 65.7 Å². The maximum atomic E-state index is 13.9. The van der Waals surface area contributed by atoms with E-state index in [0.717, 1.165) is 18.6 Å². The summed E-state index contributed by atoms with van der Waals surface area (Å²) >= 11 is 0. The number of halogens is 2. The lowest BCUT2D eigenvalue weighted by Gasteiger charge is -2.14. The molecule has 0 aliphatic heterocycles. The summed E-state index contributed by atoms with van der Waals surface area (Å²) in [5.41, 5.74) is 0.923. The predicted molar refractivity (Wildman–Crippen MR) is 107 cm³/mol. The molecular formula is C23H22F2O5. The molecule has 2 aromatic carbocycles. The van der Waals surface area contributed by atoms with Crippen LogP contribution in [-0.4, -0.2) is 12.6 Å². The summed E-state index contributed by atoms with van der Waals surface area (Å²) in [5.74, 6) is -1.51. The molecule has 1 aromatic heterocycles. The van der Waals surface area contributed by atoms with Gasteiger partial charge in [-0.15, -0.1) is 0 Å². The van der Waals surface area contributed by atoms with E-state index in [2.05, 4.69) is 0 Å². The summed E-state index contributed by atoms with van der Waals surface area (Å²) in [6.45, 7) is 3.67. The minimum absolute atomic E-state index is 0.117. The van der Waals surface area contributed by atoms with E-state index >= 15 is 0 Å². The molecule has 0 radical (unpaired) electrons. The van der Waals surface area contributed by atoms with Gasteiger partial charge in [0.05, 0.1) is 12.2 Å². The number of carbonyl (C=O) groups is 1. The van der Waals surface area contributed by atoms with Gasteiger partial charge in [0.25, 0.3) is 0 Å². The van der Waals surface area contributed by atoms with E-state index in [1.165, 1.54) is 18.2 Å². The third-order valence-electron chi connectivity index (χ3n) is 4.63. The molecule has 0 saturated carbocycles. The van der Waals surface area contributed by atoms with Crippen molar-refractivity contribution < 1.29 is 27.5 Å². The summed E-state index contributed by atoms with van der Waals surface area (Å²) in [5, 5.41) is 0.691. The molecule has 0 unspecified atom stereocenters. The first-order chi connectivity index (χ1) is 14.4. The zero-order chi connectivity index (χ0) is 21.7. The van der Waals surface area contributed by atoms with Gasteiger partial charge < -0.3 is 13.9 Å². The van der Waals surface area contributed by atoms with Gasteiger partial charge in [0.1, 0.15) is 29.6 Å². The molecule has 0 atom stereocenters. The standard InChI is InChI=1S/C23H22F2O5/c1-3-9-28-22(26)8-7-15-11-16-14(2)10-23(27)30-21(16)12-20(15)29-13-17-18(24)5-4-6-19(17)25/h4-6,10-12H,3,7-9,13H2,1-2H3. The molecule has 3 rings (SSSR count). The lowest BCUT2D eigenvalue weighted by atomic mass is 10.0. The molecule has 0 saturated heterocycles. The first kappa shape index (κ1) is 21.5. The van der Waals surface area contributed by atoms with Crippen LogP contribution in [0.1, 0.15) is 36.5 Å². The average molecular weight is 416 g/mol. The second kappa shape index (κ2) is 9.52. The van der Waals surface area contributed by atoms with Crippen LogP contribution in [0.25, 0.3) is 11.0 Å². The third-order valence-corrected chi connectivity index (χ3v) is 4.63. The largest absolute Gasteiger partial charge is 0.488 e. The highest BCUT2D eigenvalue weighted by molar-refractivity contribution is 5.83. The normalized spacial score (nSPS) is 10.9. The van der Waals surface area contributed by atoms with Gasteiger partial charge in [-0.1, -0.05) is 13.0 Å². The van der Waals surface area contributed by atoms with E-state index in [1.54, 1.807) is 13.0 Å². The van der Waals surface area contributed by atoms with Crippen LogP contribution in [0.4, 0.5) is 8.78 Å². The zero-order valence-corrected chi connectivity index (χ0v) is 16.8. The fourth-order valence-electron chi connectivity index (χ4n) is 3.07. The summed E-state index contributed by atoms with van der Waals surface area (Å²) in [6.07, 6.45) is 1.14. The number of hydrogen-bond acceptors (Lipinski definition) is 5. The number of carbonyl (C=O) groups excluding carboxylic acids is 1. The first-order valence-corrected chi connectivity index (χ1v) is 9.67. The van der Waals surface area contributed by atoms with E-state index in [0.29, 0.717) is 35.1 Å². The zero-order valence-electron chi connectivity index (χ0n) is 16.8. The number of rotatable bonds is 8. The molecule has 0 N–H and O–H groups in total. The molecule has 0 aliphatic carbocycles. The Hall–Kier alpha value is -3.22. The van der Waals surface area contributed by atoms with E-state index in [4.69, 9.17) is 13.9 Å². The summed E-state index contributed by atoms with van der Waals surface area (Å²) in [4.78, 5) is 23.6. The Morgan fingerprint density at radius 3 is 2.57 bits per heavy atom. The van der Waals surface area contributed by atoms with Crippen molar-refractivity contribution in [2.24, 2.45) is 0 Å². The molecule has 5 nitrogen and oxygen atoms in total. The average Bonchev–Trinajstić information content (AvgIpc) is 2.70. The van der Waals surface area contributed by atoms with Crippen molar-refractivity contribution in [2.45, 2.75) is 39.7 Å². The molecule has 0 aliphatic rings. The third kappa shape index (κ3) is 5.03. The highest BCUT2D eigenvalue weighted by Crippen LogP contribution is 2.29. The maximum Gasteiger partial charge on any atom is 0.336 e. The highest BCUT2D eigenvalue weighted by Gasteiger charge is 2.15. The van der Waals surface area contributed by atoms with Crippen LogP contribution in [-0.2, 0) is 22.6 Å². The molecule has 0 bridgehead atoms. The van der Waals surface area contributed by atoms with Gasteiger partial charge in [-0.3, -0.25) is 4.79 Å². The van der Waals surface area contributed by atoms with Crippen molar-refractivity contribution >= 4 is 16.9 Å². The van der Waals surface area contributed by atoms with Gasteiger partial charge in [-0.05, 0) is 49.1 Å². The lowest BCUT2D eigenvalue weighted by Crippen LogP contribution is -2.08. The minimum Gasteiger partial charge on any atom is -0.488 e. The number of fused-ring (bicyclic) bond motifs is 1. The summed E-state index contributed by atoms with van der Waals surface area (Å²) < 4.78 is 43.9. The molecule has 7 heteroatoms. The second-order valence-corrected chi connectivity index (χ2v) is 6.91. The fourth-order valence-corrected chi connectivity index (χ4v) is 3.07. The van der Waals surface area contributed by atoms with Gasteiger partial charge in [-0.2, -0.15) is 0 Å². The predicted octanol–water partition coefficient (Wildman–Crippen LogP) is 4.84. The smallest absolute Gasteiger partial charge is 0.336 e. The van der Waals surface area contributed by atoms with E-state index in [1.807, 2.05) is 6.92 Å². The second-order valence-electron chi connectivity index (χ2n) is 6.91. The van der Waals surface area contributed by atoms with Crippen LogP contribution in [0.3, 0.4) is 0 Å². The molecule has 0 fully saturated rings. The van der Waals surface area contributed by atoms with Crippen molar-refractivity contribution in [1.29, 1.82) is 0 Å². The molecule has 158 valence electrons. The van der Waals surface area contributed by atoms with E-state index < -0.39 is 17.3 Å². The quantitative estimate of drug-likeness (QED) is 0.388. The van der Waals surface area contributed by atoms with Gasteiger partial charge in [0.2, 0.25) is 0 Å². The van der Waals surface area contributed by atoms with Crippen LogP contribution < -0.4 is 10.4 Å². The molecular weight excluding hydrogens is 394 g/mol. The SMILES string of the molecule is CCCOC(=O)CCc1cc2c(C)cc(=O)oc2cc1OCc1c(F)cccc1F. The summed E-state index contributed by atoms with van der Waals surface area (Å²) in [7, 11) is 0. The van der Waals surface area contributed by atoms with Crippen LogP contribution in [0.5, 0.6) is 5.75 Å². The molecule has 3 aromatic rings. The van der Waals surface area contributed by atoms with Crippen molar-refractivity contribution in [3.8, 4) is 5.75 Å².